The number of rotatable bonds is 2. The predicted molar refractivity (Wildman–Crippen MR) is 71.2 cm³/mol. The molecule has 5 nitrogen and oxygen atoms in total. The molecule has 6 heteroatoms. The molecule has 3 N–H and O–H groups in total. The van der Waals surface area contributed by atoms with E-state index in [0.717, 1.165) is 0 Å². The van der Waals surface area contributed by atoms with Gasteiger partial charge in [0.2, 0.25) is 5.82 Å². The quantitative estimate of drug-likeness (QED) is 0.553. The largest absolute Gasteiger partial charge is 0.506 e. The number of nitrogen functional groups attached to an aromatic ring is 1. The third kappa shape index (κ3) is 2.18. The summed E-state index contributed by atoms with van der Waals surface area (Å²) in [4.78, 5) is 4.17. The van der Waals surface area contributed by atoms with Gasteiger partial charge < -0.3 is 15.4 Å². The van der Waals surface area contributed by atoms with Crippen molar-refractivity contribution in [1.29, 1.82) is 0 Å². The van der Waals surface area contributed by atoms with Crippen LogP contribution in [-0.2, 0) is 0 Å². The highest BCUT2D eigenvalue weighted by atomic mass is 19.1. The van der Waals surface area contributed by atoms with Crippen LogP contribution in [-0.4, -0.2) is 15.2 Å². The average molecular weight is 271 g/mol. The molecule has 0 aliphatic heterocycles. The molecular weight excluding hydrogens is 261 g/mol. The summed E-state index contributed by atoms with van der Waals surface area (Å²) >= 11 is 0. The summed E-state index contributed by atoms with van der Waals surface area (Å²) < 4.78 is 18.3. The number of phenolic OH excluding ortho intramolecular Hbond substituents is 1. The standard InChI is InChI=1S/C14H10FN3O2/c15-10-3-1-2-8(6-10)13-17-14(20-18-13)9-4-5-11(16)12(19)7-9/h1-7,19H,16H2. The van der Waals surface area contributed by atoms with Gasteiger partial charge in [0.15, 0.2) is 0 Å². The van der Waals surface area contributed by atoms with Crippen molar-refractivity contribution in [3.8, 4) is 28.6 Å². The lowest BCUT2D eigenvalue weighted by molar-refractivity contribution is 0.431. The first kappa shape index (κ1) is 12.2. The van der Waals surface area contributed by atoms with Crippen LogP contribution in [0.4, 0.5) is 10.1 Å². The van der Waals surface area contributed by atoms with Gasteiger partial charge in [-0.3, -0.25) is 0 Å². The molecule has 0 fully saturated rings. The minimum atomic E-state index is -0.376. The zero-order valence-corrected chi connectivity index (χ0v) is 10.2. The van der Waals surface area contributed by atoms with Crippen LogP contribution in [0, 0.1) is 5.82 Å². The van der Waals surface area contributed by atoms with E-state index < -0.39 is 0 Å². The van der Waals surface area contributed by atoms with Gasteiger partial charge in [-0.15, -0.1) is 0 Å². The van der Waals surface area contributed by atoms with E-state index in [1.807, 2.05) is 0 Å². The number of anilines is 1. The normalized spacial score (nSPS) is 10.7. The summed E-state index contributed by atoms with van der Waals surface area (Å²) in [7, 11) is 0. The number of aromatic hydroxyl groups is 1. The molecule has 1 aromatic heterocycles. The smallest absolute Gasteiger partial charge is 0.258 e. The van der Waals surface area contributed by atoms with Crippen LogP contribution in [0.1, 0.15) is 0 Å². The van der Waals surface area contributed by atoms with Gasteiger partial charge in [-0.2, -0.15) is 4.98 Å². The maximum Gasteiger partial charge on any atom is 0.258 e. The molecule has 0 saturated carbocycles. The number of nitrogens with zero attached hydrogens (tertiary/aromatic N) is 2. The van der Waals surface area contributed by atoms with Crippen molar-refractivity contribution in [2.24, 2.45) is 0 Å². The fourth-order valence-electron chi connectivity index (χ4n) is 1.76. The Morgan fingerprint density at radius 2 is 1.95 bits per heavy atom. The van der Waals surface area contributed by atoms with Gasteiger partial charge in [-0.1, -0.05) is 17.3 Å². The third-order valence-electron chi connectivity index (χ3n) is 2.79. The number of phenols is 1. The van der Waals surface area contributed by atoms with Gasteiger partial charge in [0, 0.05) is 11.1 Å². The summed E-state index contributed by atoms with van der Waals surface area (Å²) in [5.74, 6) is 0.0577. The Morgan fingerprint density at radius 3 is 2.70 bits per heavy atom. The van der Waals surface area contributed by atoms with Crippen molar-refractivity contribution in [3.05, 3.63) is 48.3 Å². The highest BCUT2D eigenvalue weighted by molar-refractivity contribution is 5.65. The number of hydrogen-bond donors (Lipinski definition) is 2. The Labute approximate surface area is 113 Å². The van der Waals surface area contributed by atoms with Crippen molar-refractivity contribution in [2.45, 2.75) is 0 Å². The second kappa shape index (κ2) is 4.65. The van der Waals surface area contributed by atoms with E-state index in [-0.39, 0.29) is 29.0 Å². The molecule has 0 bridgehead atoms. The van der Waals surface area contributed by atoms with Crippen molar-refractivity contribution < 1.29 is 14.0 Å². The van der Waals surface area contributed by atoms with E-state index in [1.165, 1.54) is 24.3 Å². The highest BCUT2D eigenvalue weighted by Gasteiger charge is 2.12. The maximum atomic E-state index is 13.1. The van der Waals surface area contributed by atoms with Crippen LogP contribution in [0.5, 0.6) is 5.75 Å². The summed E-state index contributed by atoms with van der Waals surface area (Å²) in [6.07, 6.45) is 0. The molecule has 0 radical (unpaired) electrons. The molecule has 0 atom stereocenters. The van der Waals surface area contributed by atoms with E-state index in [4.69, 9.17) is 10.3 Å². The van der Waals surface area contributed by atoms with Crippen LogP contribution in [0.2, 0.25) is 0 Å². The molecule has 0 aliphatic carbocycles. The zero-order valence-electron chi connectivity index (χ0n) is 10.2. The highest BCUT2D eigenvalue weighted by Crippen LogP contribution is 2.28. The first-order valence-electron chi connectivity index (χ1n) is 5.82. The van der Waals surface area contributed by atoms with E-state index >= 15 is 0 Å². The first-order valence-corrected chi connectivity index (χ1v) is 5.82. The third-order valence-corrected chi connectivity index (χ3v) is 2.79. The van der Waals surface area contributed by atoms with Gasteiger partial charge in [0.1, 0.15) is 11.6 Å². The summed E-state index contributed by atoms with van der Waals surface area (Å²) in [6, 6.07) is 10.5. The number of hydrogen-bond acceptors (Lipinski definition) is 5. The van der Waals surface area contributed by atoms with Crippen LogP contribution in [0.15, 0.2) is 47.0 Å². The van der Waals surface area contributed by atoms with E-state index in [2.05, 4.69) is 10.1 Å². The van der Waals surface area contributed by atoms with Gasteiger partial charge in [-0.25, -0.2) is 4.39 Å². The molecular formula is C14H10FN3O2. The first-order chi connectivity index (χ1) is 9.63. The summed E-state index contributed by atoms with van der Waals surface area (Å²) in [5.41, 5.74) is 6.83. The van der Waals surface area contributed by atoms with Gasteiger partial charge in [0.25, 0.3) is 5.89 Å². The SMILES string of the molecule is Nc1ccc(-c2nc(-c3cccc(F)c3)no2)cc1O. The predicted octanol–water partition coefficient (Wildman–Crippen LogP) is 2.83. The molecule has 3 rings (SSSR count). The maximum absolute atomic E-state index is 13.1. The average Bonchev–Trinajstić information content (AvgIpc) is 2.92. The van der Waals surface area contributed by atoms with Gasteiger partial charge in [0.05, 0.1) is 5.69 Å². The van der Waals surface area contributed by atoms with Crippen LogP contribution in [0.3, 0.4) is 0 Å². The van der Waals surface area contributed by atoms with Crippen molar-refractivity contribution in [1.82, 2.24) is 10.1 Å². The van der Waals surface area contributed by atoms with E-state index in [9.17, 15) is 9.50 Å². The van der Waals surface area contributed by atoms with Crippen LogP contribution < -0.4 is 5.73 Å². The molecule has 0 spiro atoms. The lowest BCUT2D eigenvalue weighted by atomic mass is 10.2. The Bertz CT molecular complexity index is 771. The summed E-state index contributed by atoms with van der Waals surface area (Å²) in [5, 5.41) is 13.3. The molecule has 0 saturated heterocycles. The van der Waals surface area contributed by atoms with Crippen molar-refractivity contribution in [2.75, 3.05) is 5.73 Å². The number of halogens is 1. The molecule has 3 aromatic rings. The molecule has 2 aromatic carbocycles. The molecule has 0 amide bonds. The van der Waals surface area contributed by atoms with Crippen molar-refractivity contribution >= 4 is 5.69 Å². The zero-order chi connectivity index (χ0) is 14.1. The molecule has 20 heavy (non-hydrogen) atoms. The van der Waals surface area contributed by atoms with E-state index in [0.29, 0.717) is 11.1 Å². The summed E-state index contributed by atoms with van der Waals surface area (Å²) in [6.45, 7) is 0. The number of aromatic nitrogens is 2. The van der Waals surface area contributed by atoms with E-state index in [1.54, 1.807) is 18.2 Å². The molecule has 0 unspecified atom stereocenters. The second-order valence-electron chi connectivity index (χ2n) is 4.21. The molecule has 1 heterocycles. The number of nitrogens with two attached hydrogens (primary N) is 1. The Hall–Kier alpha value is -2.89. The van der Waals surface area contributed by atoms with Crippen LogP contribution >= 0.6 is 0 Å². The minimum absolute atomic E-state index is 0.0620. The number of benzene rings is 2. The Kier molecular flexibility index (Phi) is 2.83. The Balaban J connectivity index is 1.99. The Morgan fingerprint density at radius 1 is 1.10 bits per heavy atom. The fourth-order valence-corrected chi connectivity index (χ4v) is 1.76. The van der Waals surface area contributed by atoms with Crippen LogP contribution in [0.25, 0.3) is 22.8 Å². The lowest BCUT2D eigenvalue weighted by Crippen LogP contribution is -1.86. The van der Waals surface area contributed by atoms with Gasteiger partial charge in [-0.05, 0) is 30.3 Å². The minimum Gasteiger partial charge on any atom is -0.506 e. The molecule has 0 aliphatic rings. The lowest BCUT2D eigenvalue weighted by Gasteiger charge is -1.99. The van der Waals surface area contributed by atoms with Gasteiger partial charge >= 0.3 is 0 Å². The second-order valence-corrected chi connectivity index (χ2v) is 4.21. The van der Waals surface area contributed by atoms with Crippen molar-refractivity contribution in [3.63, 3.8) is 0 Å². The monoisotopic (exact) mass is 271 g/mol. The topological polar surface area (TPSA) is 85.2 Å². The molecule has 100 valence electrons. The fraction of sp³-hybridized carbons (Fsp3) is 0.